The summed E-state index contributed by atoms with van der Waals surface area (Å²) in [6.07, 6.45) is 42.6. The third-order valence-electron chi connectivity index (χ3n) is 8.59. The summed E-state index contributed by atoms with van der Waals surface area (Å²) in [6.45, 7) is 6.22. The Labute approximate surface area is 302 Å². The van der Waals surface area contributed by atoms with Gasteiger partial charge in [0.05, 0.1) is 0 Å². The predicted octanol–water partition coefficient (Wildman–Crippen LogP) is 12.6. The van der Waals surface area contributed by atoms with Crippen LogP contribution in [0.4, 0.5) is 0 Å². The van der Waals surface area contributed by atoms with Gasteiger partial charge in [-0.3, -0.25) is 14.4 Å². The Morgan fingerprint density at radius 2 is 0.776 bits per heavy atom. The first-order valence-corrected chi connectivity index (χ1v) is 20.5. The molecule has 6 nitrogen and oxygen atoms in total. The number of allylic oxidation sites excluding steroid dienone is 6. The highest BCUT2D eigenvalue weighted by Gasteiger charge is 2.19. The maximum Gasteiger partial charge on any atom is 0.306 e. The minimum Gasteiger partial charge on any atom is -0.462 e. The zero-order valence-electron chi connectivity index (χ0n) is 32.2. The molecule has 0 saturated heterocycles. The van der Waals surface area contributed by atoms with Gasteiger partial charge in [0.2, 0.25) is 0 Å². The van der Waals surface area contributed by atoms with Gasteiger partial charge in [0.1, 0.15) is 13.2 Å². The van der Waals surface area contributed by atoms with Crippen LogP contribution < -0.4 is 0 Å². The van der Waals surface area contributed by atoms with Crippen molar-refractivity contribution < 1.29 is 28.6 Å². The molecule has 0 heterocycles. The number of ether oxygens (including phenoxy) is 3. The van der Waals surface area contributed by atoms with E-state index < -0.39 is 6.10 Å². The molecule has 0 bridgehead atoms. The minimum atomic E-state index is -0.773. The van der Waals surface area contributed by atoms with Gasteiger partial charge in [-0.25, -0.2) is 0 Å². The lowest BCUT2D eigenvalue weighted by atomic mass is 10.1. The van der Waals surface area contributed by atoms with Crippen molar-refractivity contribution in [3.63, 3.8) is 0 Å². The molecule has 0 aromatic rings. The van der Waals surface area contributed by atoms with Gasteiger partial charge in [-0.1, -0.05) is 141 Å². The summed E-state index contributed by atoms with van der Waals surface area (Å²) in [7, 11) is 0. The van der Waals surface area contributed by atoms with E-state index in [2.05, 4.69) is 50.3 Å². The quantitative estimate of drug-likeness (QED) is 0.0282. The average Bonchev–Trinajstić information content (AvgIpc) is 3.09. The topological polar surface area (TPSA) is 78.9 Å². The van der Waals surface area contributed by atoms with Crippen LogP contribution in [0.1, 0.15) is 201 Å². The highest BCUT2D eigenvalue weighted by Crippen LogP contribution is 2.12. The van der Waals surface area contributed by atoms with E-state index in [1.54, 1.807) is 0 Å². The summed E-state index contributed by atoms with van der Waals surface area (Å²) < 4.78 is 16.3. The van der Waals surface area contributed by atoms with Crippen molar-refractivity contribution in [2.75, 3.05) is 13.2 Å². The van der Waals surface area contributed by atoms with Crippen LogP contribution in [0.25, 0.3) is 0 Å². The van der Waals surface area contributed by atoms with E-state index >= 15 is 0 Å². The van der Waals surface area contributed by atoms with Gasteiger partial charge in [0.25, 0.3) is 0 Å². The second kappa shape index (κ2) is 38.4. The standard InChI is InChI=1S/C43H76O6/c1-4-7-9-11-13-15-17-19-21-23-25-27-29-31-33-36-42(45)48-39-40(38-47-41(44)35-6-3)49-43(46)37-34-32-30-28-26-24-22-20-18-16-14-12-10-8-5-2/h13,15,19-22,40H,4-12,14,16-18,23-39H2,1-3H3/b15-13-,21-19-,22-20-. The van der Waals surface area contributed by atoms with Crippen LogP contribution in [0.2, 0.25) is 0 Å². The zero-order chi connectivity index (χ0) is 35.9. The Bertz CT molecular complexity index is 845. The van der Waals surface area contributed by atoms with Gasteiger partial charge < -0.3 is 14.2 Å². The molecule has 284 valence electrons. The van der Waals surface area contributed by atoms with Crippen molar-refractivity contribution in [1.82, 2.24) is 0 Å². The van der Waals surface area contributed by atoms with E-state index in [1.165, 1.54) is 83.5 Å². The van der Waals surface area contributed by atoms with E-state index in [0.29, 0.717) is 25.7 Å². The average molecular weight is 689 g/mol. The van der Waals surface area contributed by atoms with Crippen molar-refractivity contribution in [3.8, 4) is 0 Å². The minimum absolute atomic E-state index is 0.0867. The van der Waals surface area contributed by atoms with Gasteiger partial charge in [0, 0.05) is 19.3 Å². The van der Waals surface area contributed by atoms with E-state index in [9.17, 15) is 14.4 Å². The van der Waals surface area contributed by atoms with Gasteiger partial charge >= 0.3 is 17.9 Å². The second-order valence-electron chi connectivity index (χ2n) is 13.5. The van der Waals surface area contributed by atoms with E-state index in [1.807, 2.05) is 6.92 Å². The van der Waals surface area contributed by atoms with Gasteiger partial charge in [-0.15, -0.1) is 0 Å². The van der Waals surface area contributed by atoms with Crippen LogP contribution in [0, 0.1) is 0 Å². The monoisotopic (exact) mass is 689 g/mol. The van der Waals surface area contributed by atoms with Crippen molar-refractivity contribution in [2.24, 2.45) is 0 Å². The number of carbonyl (C=O) groups excluding carboxylic acids is 3. The Morgan fingerprint density at radius 1 is 0.408 bits per heavy atom. The SMILES string of the molecule is CCCCC/C=C\C/C=C\CCCCCCCC(=O)OCC(COC(=O)CCC)OC(=O)CCCCCCC/C=C\CCCCCCCC. The Kier molecular flexibility index (Phi) is 36.6. The summed E-state index contributed by atoms with van der Waals surface area (Å²) in [5.74, 6) is -0.972. The largest absolute Gasteiger partial charge is 0.462 e. The van der Waals surface area contributed by atoms with Crippen molar-refractivity contribution in [2.45, 2.75) is 207 Å². The molecule has 0 N–H and O–H groups in total. The van der Waals surface area contributed by atoms with E-state index in [4.69, 9.17) is 14.2 Å². The van der Waals surface area contributed by atoms with Crippen LogP contribution in [0.5, 0.6) is 0 Å². The molecule has 0 aromatic carbocycles. The maximum atomic E-state index is 12.5. The number of carbonyl (C=O) groups is 3. The summed E-state index contributed by atoms with van der Waals surface area (Å²) in [4.78, 5) is 36.7. The summed E-state index contributed by atoms with van der Waals surface area (Å²) in [5.41, 5.74) is 0. The van der Waals surface area contributed by atoms with Crippen LogP contribution in [0.15, 0.2) is 36.5 Å². The highest BCUT2D eigenvalue weighted by atomic mass is 16.6. The van der Waals surface area contributed by atoms with Crippen LogP contribution in [-0.2, 0) is 28.6 Å². The molecule has 0 aliphatic heterocycles. The number of unbranched alkanes of at least 4 members (excludes halogenated alkanes) is 19. The Morgan fingerprint density at radius 3 is 1.27 bits per heavy atom. The second-order valence-corrected chi connectivity index (χ2v) is 13.5. The fraction of sp³-hybridized carbons (Fsp3) is 0.791. The smallest absolute Gasteiger partial charge is 0.306 e. The molecule has 1 atom stereocenters. The molecule has 0 aliphatic rings. The van der Waals surface area contributed by atoms with Crippen molar-refractivity contribution in [1.29, 1.82) is 0 Å². The van der Waals surface area contributed by atoms with E-state index in [0.717, 1.165) is 70.6 Å². The molecular weight excluding hydrogens is 612 g/mol. The fourth-order valence-corrected chi connectivity index (χ4v) is 5.50. The molecular formula is C43H76O6. The highest BCUT2D eigenvalue weighted by molar-refractivity contribution is 5.71. The molecule has 0 aliphatic carbocycles. The Balaban J connectivity index is 4.06. The molecule has 0 amide bonds. The van der Waals surface area contributed by atoms with Gasteiger partial charge in [0.15, 0.2) is 6.10 Å². The lowest BCUT2D eigenvalue weighted by Crippen LogP contribution is -2.30. The van der Waals surface area contributed by atoms with Crippen molar-refractivity contribution in [3.05, 3.63) is 36.5 Å². The lowest BCUT2D eigenvalue weighted by molar-refractivity contribution is -0.167. The van der Waals surface area contributed by atoms with Crippen molar-refractivity contribution >= 4 is 17.9 Å². The summed E-state index contributed by atoms with van der Waals surface area (Å²) in [6, 6.07) is 0. The van der Waals surface area contributed by atoms with Crippen LogP contribution >= 0.6 is 0 Å². The Hall–Kier alpha value is -2.37. The zero-order valence-corrected chi connectivity index (χ0v) is 32.2. The lowest BCUT2D eigenvalue weighted by Gasteiger charge is -2.18. The first-order valence-electron chi connectivity index (χ1n) is 20.5. The molecule has 49 heavy (non-hydrogen) atoms. The van der Waals surface area contributed by atoms with Crippen LogP contribution in [0.3, 0.4) is 0 Å². The molecule has 0 radical (unpaired) electrons. The number of hydrogen-bond acceptors (Lipinski definition) is 6. The molecule has 1 unspecified atom stereocenters. The van der Waals surface area contributed by atoms with Crippen LogP contribution in [-0.4, -0.2) is 37.2 Å². The number of rotatable bonds is 36. The van der Waals surface area contributed by atoms with E-state index in [-0.39, 0.29) is 31.1 Å². The number of hydrogen-bond donors (Lipinski definition) is 0. The first-order chi connectivity index (χ1) is 24.0. The number of esters is 3. The molecule has 0 fully saturated rings. The fourth-order valence-electron chi connectivity index (χ4n) is 5.50. The predicted molar refractivity (Wildman–Crippen MR) is 206 cm³/mol. The molecule has 6 heteroatoms. The normalized spacial score (nSPS) is 12.3. The molecule has 0 aromatic heterocycles. The third-order valence-corrected chi connectivity index (χ3v) is 8.59. The molecule has 0 rings (SSSR count). The molecule has 0 spiro atoms. The summed E-state index contributed by atoms with van der Waals surface area (Å²) >= 11 is 0. The van der Waals surface area contributed by atoms with Gasteiger partial charge in [-0.05, 0) is 77.0 Å². The maximum absolute atomic E-state index is 12.5. The third kappa shape index (κ3) is 36.7. The van der Waals surface area contributed by atoms with Gasteiger partial charge in [-0.2, -0.15) is 0 Å². The summed E-state index contributed by atoms with van der Waals surface area (Å²) in [5, 5.41) is 0. The molecule has 0 saturated carbocycles. The first kappa shape index (κ1) is 46.6.